The molecule has 0 aromatic heterocycles. The summed E-state index contributed by atoms with van der Waals surface area (Å²) in [4.78, 5) is 12.8. The summed E-state index contributed by atoms with van der Waals surface area (Å²) in [6.45, 7) is 1.54. The van der Waals surface area contributed by atoms with Crippen molar-refractivity contribution in [3.8, 4) is 11.8 Å². The Morgan fingerprint density at radius 3 is 2.58 bits per heavy atom. The lowest BCUT2D eigenvalue weighted by molar-refractivity contribution is 0.0778. The van der Waals surface area contributed by atoms with E-state index < -0.39 is 40.6 Å². The van der Waals surface area contributed by atoms with Gasteiger partial charge in [0.15, 0.2) is 17.4 Å². The monoisotopic (exact) mass is 272 g/mol. The zero-order valence-corrected chi connectivity index (χ0v) is 10.2. The van der Waals surface area contributed by atoms with E-state index in [2.05, 4.69) is 0 Å². The average Bonchev–Trinajstić information content (AvgIpc) is 2.39. The number of benzene rings is 1. The highest BCUT2D eigenvalue weighted by atomic mass is 19.2. The predicted octanol–water partition coefficient (Wildman–Crippen LogP) is 2.04. The Bertz CT molecular complexity index is 555. The minimum atomic E-state index is -1.75. The van der Waals surface area contributed by atoms with Gasteiger partial charge in [-0.15, -0.1) is 0 Å². The molecule has 1 unspecified atom stereocenters. The molecule has 0 aliphatic heterocycles. The number of amides is 1. The number of hydrogen-bond donors (Lipinski definition) is 1. The van der Waals surface area contributed by atoms with Crippen LogP contribution in [0, 0.1) is 34.7 Å². The highest BCUT2D eigenvalue weighted by molar-refractivity contribution is 5.94. The Balaban J connectivity index is 3.11. The molecule has 0 aliphatic rings. The number of phenols is 1. The summed E-state index contributed by atoms with van der Waals surface area (Å²) >= 11 is 0. The molecule has 1 aromatic rings. The first-order chi connectivity index (χ1) is 8.79. The van der Waals surface area contributed by atoms with Crippen LogP contribution in [0.4, 0.5) is 13.2 Å². The molecule has 0 spiro atoms. The van der Waals surface area contributed by atoms with Crippen LogP contribution in [0.1, 0.15) is 17.3 Å². The van der Waals surface area contributed by atoms with E-state index in [0.29, 0.717) is 6.07 Å². The summed E-state index contributed by atoms with van der Waals surface area (Å²) < 4.78 is 39.4. The highest BCUT2D eigenvalue weighted by Crippen LogP contribution is 2.26. The summed E-state index contributed by atoms with van der Waals surface area (Å²) in [6.07, 6.45) is 0. The van der Waals surface area contributed by atoms with Gasteiger partial charge in [-0.1, -0.05) is 0 Å². The van der Waals surface area contributed by atoms with Gasteiger partial charge in [-0.2, -0.15) is 9.65 Å². The smallest absolute Gasteiger partial charge is 0.256 e. The molecule has 19 heavy (non-hydrogen) atoms. The van der Waals surface area contributed by atoms with Crippen molar-refractivity contribution in [1.82, 2.24) is 4.90 Å². The Hall–Kier alpha value is -2.23. The molecule has 4 nitrogen and oxygen atoms in total. The van der Waals surface area contributed by atoms with Gasteiger partial charge in [0.2, 0.25) is 5.82 Å². The maximum Gasteiger partial charge on any atom is 0.256 e. The normalized spacial score (nSPS) is 11.8. The van der Waals surface area contributed by atoms with Crippen molar-refractivity contribution in [2.24, 2.45) is 5.92 Å². The molecule has 0 fully saturated rings. The standard InChI is InChI=1S/C12H11F3N2O2/c1-6(4-16)5-17(2)12(19)7-3-8(13)10(15)11(18)9(7)14/h3,6,18H,5H2,1-2H3. The zero-order chi connectivity index (χ0) is 14.7. The first kappa shape index (κ1) is 14.8. The van der Waals surface area contributed by atoms with Crippen LogP contribution in [0.15, 0.2) is 6.07 Å². The summed E-state index contributed by atoms with van der Waals surface area (Å²) in [5, 5.41) is 17.6. The molecule has 102 valence electrons. The molecule has 1 atom stereocenters. The van der Waals surface area contributed by atoms with Gasteiger partial charge in [-0.25, -0.2) is 8.78 Å². The summed E-state index contributed by atoms with van der Waals surface area (Å²) in [6, 6.07) is 2.25. The van der Waals surface area contributed by atoms with Crippen LogP contribution in [0.25, 0.3) is 0 Å². The fourth-order valence-electron chi connectivity index (χ4n) is 1.49. The second kappa shape index (κ2) is 5.61. The summed E-state index contributed by atoms with van der Waals surface area (Å²) in [7, 11) is 1.29. The summed E-state index contributed by atoms with van der Waals surface area (Å²) in [5.74, 6) is -7.79. The van der Waals surface area contributed by atoms with E-state index >= 15 is 0 Å². The number of aromatic hydroxyl groups is 1. The molecular formula is C12H11F3N2O2. The van der Waals surface area contributed by atoms with Crippen LogP contribution in [0.5, 0.6) is 5.75 Å². The topological polar surface area (TPSA) is 64.3 Å². The first-order valence-electron chi connectivity index (χ1n) is 5.31. The minimum Gasteiger partial charge on any atom is -0.503 e. The molecule has 1 N–H and O–H groups in total. The third-order valence-electron chi connectivity index (χ3n) is 2.48. The lowest BCUT2D eigenvalue weighted by Gasteiger charge is -2.19. The van der Waals surface area contributed by atoms with Gasteiger partial charge in [0, 0.05) is 13.6 Å². The van der Waals surface area contributed by atoms with Crippen molar-refractivity contribution in [2.45, 2.75) is 6.92 Å². The van der Waals surface area contributed by atoms with Crippen LogP contribution in [0.3, 0.4) is 0 Å². The van der Waals surface area contributed by atoms with Crippen molar-refractivity contribution in [3.05, 3.63) is 29.1 Å². The Labute approximate surface area is 107 Å². The van der Waals surface area contributed by atoms with Crippen LogP contribution < -0.4 is 0 Å². The molecule has 0 heterocycles. The summed E-state index contributed by atoms with van der Waals surface area (Å²) in [5.41, 5.74) is -0.788. The number of carbonyl (C=O) groups is 1. The molecular weight excluding hydrogens is 261 g/mol. The van der Waals surface area contributed by atoms with Crippen LogP contribution in [-0.4, -0.2) is 29.5 Å². The first-order valence-corrected chi connectivity index (χ1v) is 5.31. The zero-order valence-electron chi connectivity index (χ0n) is 10.2. The molecule has 1 rings (SSSR count). The van der Waals surface area contributed by atoms with E-state index in [-0.39, 0.29) is 6.54 Å². The van der Waals surface area contributed by atoms with Crippen molar-refractivity contribution in [1.29, 1.82) is 5.26 Å². The van der Waals surface area contributed by atoms with E-state index in [1.165, 1.54) is 7.05 Å². The number of halogens is 3. The molecule has 0 saturated carbocycles. The average molecular weight is 272 g/mol. The van der Waals surface area contributed by atoms with E-state index in [0.717, 1.165) is 4.90 Å². The van der Waals surface area contributed by atoms with Crippen molar-refractivity contribution >= 4 is 5.91 Å². The van der Waals surface area contributed by atoms with Gasteiger partial charge in [-0.05, 0) is 13.0 Å². The number of phenolic OH excluding ortho intramolecular Hbond substituents is 1. The van der Waals surface area contributed by atoms with Gasteiger partial charge in [0.05, 0.1) is 17.6 Å². The highest BCUT2D eigenvalue weighted by Gasteiger charge is 2.25. The number of nitrogens with zero attached hydrogens (tertiary/aromatic N) is 2. The van der Waals surface area contributed by atoms with Gasteiger partial charge in [-0.3, -0.25) is 4.79 Å². The van der Waals surface area contributed by atoms with Crippen molar-refractivity contribution in [3.63, 3.8) is 0 Å². The van der Waals surface area contributed by atoms with Crippen molar-refractivity contribution < 1.29 is 23.1 Å². The third-order valence-corrected chi connectivity index (χ3v) is 2.48. The SMILES string of the molecule is CC(C#N)CN(C)C(=O)c1cc(F)c(F)c(O)c1F. The van der Waals surface area contributed by atoms with Gasteiger partial charge in [0.25, 0.3) is 5.91 Å². The van der Waals surface area contributed by atoms with E-state index in [9.17, 15) is 18.0 Å². The molecule has 1 amide bonds. The molecule has 0 bridgehead atoms. The fourth-order valence-corrected chi connectivity index (χ4v) is 1.49. The maximum absolute atomic E-state index is 13.5. The number of nitriles is 1. The van der Waals surface area contributed by atoms with E-state index in [4.69, 9.17) is 10.4 Å². The number of rotatable bonds is 3. The van der Waals surface area contributed by atoms with E-state index in [1.54, 1.807) is 6.92 Å². The van der Waals surface area contributed by atoms with E-state index in [1.807, 2.05) is 6.07 Å². The lowest BCUT2D eigenvalue weighted by atomic mass is 10.1. The number of hydrogen-bond acceptors (Lipinski definition) is 3. The quantitative estimate of drug-likeness (QED) is 0.856. The molecule has 7 heteroatoms. The second-order valence-electron chi connectivity index (χ2n) is 4.10. The minimum absolute atomic E-state index is 0.00543. The Kier molecular flexibility index (Phi) is 4.38. The van der Waals surface area contributed by atoms with Gasteiger partial charge >= 0.3 is 0 Å². The van der Waals surface area contributed by atoms with Crippen molar-refractivity contribution in [2.75, 3.05) is 13.6 Å². The molecule has 0 saturated heterocycles. The van der Waals surface area contributed by atoms with Crippen LogP contribution in [0.2, 0.25) is 0 Å². The van der Waals surface area contributed by atoms with Gasteiger partial charge in [0.1, 0.15) is 0 Å². The fraction of sp³-hybridized carbons (Fsp3) is 0.333. The molecule has 0 aliphatic carbocycles. The van der Waals surface area contributed by atoms with Crippen LogP contribution in [-0.2, 0) is 0 Å². The molecule has 1 aromatic carbocycles. The predicted molar refractivity (Wildman–Crippen MR) is 59.7 cm³/mol. The Morgan fingerprint density at radius 1 is 1.47 bits per heavy atom. The second-order valence-corrected chi connectivity index (χ2v) is 4.10. The molecule has 0 radical (unpaired) electrons. The Morgan fingerprint density at radius 2 is 2.05 bits per heavy atom. The maximum atomic E-state index is 13.5. The van der Waals surface area contributed by atoms with Crippen LogP contribution >= 0.6 is 0 Å². The third kappa shape index (κ3) is 2.96. The number of carbonyl (C=O) groups excluding carboxylic acids is 1. The van der Waals surface area contributed by atoms with Gasteiger partial charge < -0.3 is 10.0 Å². The largest absolute Gasteiger partial charge is 0.503 e. The lowest BCUT2D eigenvalue weighted by Crippen LogP contribution is -2.31.